The van der Waals surface area contributed by atoms with Crippen LogP contribution in [0.5, 0.6) is 0 Å². The Morgan fingerprint density at radius 3 is 2.39 bits per heavy atom. The van der Waals surface area contributed by atoms with E-state index in [2.05, 4.69) is 0 Å². The molecule has 18 heavy (non-hydrogen) atoms. The standard InChI is InChI=1S/C9H4N4O4S/c10-2-6-1-8(14)13(5-18(15,16)17)9(6)7(3-11)4-12/h1H,5H2,(H,15,16,17)/i1D. The fourth-order valence-corrected chi connectivity index (χ4v) is 1.80. The number of hydrogen-bond donors (Lipinski definition) is 1. The van der Waals surface area contributed by atoms with Crippen LogP contribution in [0.3, 0.4) is 0 Å². The highest BCUT2D eigenvalue weighted by Crippen LogP contribution is 2.26. The molecule has 0 aromatic rings. The second-order valence-electron chi connectivity index (χ2n) is 3.00. The molecule has 1 aliphatic rings. The fraction of sp³-hybridized carbons (Fsp3) is 0.111. The molecule has 0 bridgehead atoms. The monoisotopic (exact) mass is 265 g/mol. The number of carbonyl (C=O) groups is 1. The van der Waals surface area contributed by atoms with Gasteiger partial charge in [-0.3, -0.25) is 14.2 Å². The van der Waals surface area contributed by atoms with Crippen LogP contribution in [-0.2, 0) is 14.9 Å². The maximum atomic E-state index is 11.6. The molecule has 0 spiro atoms. The quantitative estimate of drug-likeness (QED) is 0.519. The first-order valence-electron chi connectivity index (χ1n) is 4.69. The number of hydrogen-bond acceptors (Lipinski definition) is 6. The van der Waals surface area contributed by atoms with Crippen LogP contribution in [0.15, 0.2) is 22.9 Å². The van der Waals surface area contributed by atoms with Gasteiger partial charge in [-0.15, -0.1) is 0 Å². The van der Waals surface area contributed by atoms with Gasteiger partial charge in [-0.2, -0.15) is 24.2 Å². The zero-order valence-electron chi connectivity index (χ0n) is 9.58. The molecule has 0 atom stereocenters. The van der Waals surface area contributed by atoms with Gasteiger partial charge in [0.15, 0.2) is 11.4 Å². The Labute approximate surface area is 103 Å². The van der Waals surface area contributed by atoms with E-state index in [1.54, 1.807) is 0 Å². The maximum absolute atomic E-state index is 11.6. The molecule has 0 aliphatic carbocycles. The van der Waals surface area contributed by atoms with Crippen molar-refractivity contribution in [2.75, 3.05) is 5.88 Å². The van der Waals surface area contributed by atoms with Crippen molar-refractivity contribution >= 4 is 16.0 Å². The van der Waals surface area contributed by atoms with E-state index in [1.165, 1.54) is 18.2 Å². The summed E-state index contributed by atoms with van der Waals surface area (Å²) in [6, 6.07) is 3.40. The minimum absolute atomic E-state index is 0.331. The van der Waals surface area contributed by atoms with E-state index in [1.807, 2.05) is 0 Å². The Hall–Kier alpha value is -2.67. The minimum Gasteiger partial charge on any atom is -0.288 e. The van der Waals surface area contributed by atoms with Gasteiger partial charge in [0, 0.05) is 6.05 Å². The lowest BCUT2D eigenvalue weighted by Gasteiger charge is -2.16. The number of nitriles is 3. The van der Waals surface area contributed by atoms with Crippen molar-refractivity contribution in [3.63, 3.8) is 0 Å². The number of amides is 1. The van der Waals surface area contributed by atoms with Crippen LogP contribution in [0.4, 0.5) is 0 Å². The van der Waals surface area contributed by atoms with Gasteiger partial charge in [0.1, 0.15) is 18.2 Å². The van der Waals surface area contributed by atoms with E-state index in [4.69, 9.17) is 21.7 Å². The Kier molecular flexibility index (Phi) is 3.07. The molecule has 1 N–H and O–H groups in total. The summed E-state index contributed by atoms with van der Waals surface area (Å²) in [5.74, 6) is -2.44. The van der Waals surface area contributed by atoms with Crippen molar-refractivity contribution in [2.45, 2.75) is 0 Å². The highest BCUT2D eigenvalue weighted by Gasteiger charge is 2.33. The highest BCUT2D eigenvalue weighted by atomic mass is 32.2. The van der Waals surface area contributed by atoms with Crippen LogP contribution in [-0.4, -0.2) is 29.7 Å². The number of nitrogens with zero attached hydrogens (tertiary/aromatic N) is 4. The van der Waals surface area contributed by atoms with E-state index in [0.717, 1.165) is 0 Å². The molecule has 0 aromatic carbocycles. The number of rotatable bonds is 2. The summed E-state index contributed by atoms with van der Waals surface area (Å²) in [5.41, 5.74) is -1.87. The maximum Gasteiger partial charge on any atom is 0.283 e. The molecule has 0 saturated carbocycles. The van der Waals surface area contributed by atoms with E-state index < -0.39 is 44.8 Å². The molecule has 8 nitrogen and oxygen atoms in total. The van der Waals surface area contributed by atoms with Gasteiger partial charge in [-0.05, 0) is 0 Å². The van der Waals surface area contributed by atoms with Gasteiger partial charge in [-0.25, -0.2) is 0 Å². The number of carbonyl (C=O) groups excluding carboxylic acids is 1. The zero-order chi connectivity index (χ0) is 14.8. The van der Waals surface area contributed by atoms with Crippen molar-refractivity contribution < 1.29 is 19.1 Å². The Morgan fingerprint density at radius 2 is 2.00 bits per heavy atom. The summed E-state index contributed by atoms with van der Waals surface area (Å²) >= 11 is 0. The first-order valence-corrected chi connectivity index (χ1v) is 5.80. The molecule has 1 rings (SSSR count). The zero-order valence-corrected chi connectivity index (χ0v) is 9.39. The van der Waals surface area contributed by atoms with Crippen LogP contribution in [0.1, 0.15) is 1.37 Å². The third kappa shape index (κ3) is 2.53. The van der Waals surface area contributed by atoms with Gasteiger partial charge in [0.25, 0.3) is 16.0 Å². The molecule has 90 valence electrons. The Morgan fingerprint density at radius 1 is 1.44 bits per heavy atom. The second-order valence-corrected chi connectivity index (χ2v) is 4.43. The van der Waals surface area contributed by atoms with E-state index in [9.17, 15) is 13.2 Å². The molecule has 0 fully saturated rings. The van der Waals surface area contributed by atoms with Crippen molar-refractivity contribution in [1.29, 1.82) is 15.8 Å². The third-order valence-electron chi connectivity index (χ3n) is 1.85. The fourth-order valence-electron chi connectivity index (χ4n) is 1.23. The lowest BCUT2D eigenvalue weighted by atomic mass is 10.1. The van der Waals surface area contributed by atoms with Gasteiger partial charge >= 0.3 is 0 Å². The van der Waals surface area contributed by atoms with Crippen molar-refractivity contribution in [2.24, 2.45) is 0 Å². The third-order valence-corrected chi connectivity index (χ3v) is 2.43. The van der Waals surface area contributed by atoms with Gasteiger partial charge in [-0.1, -0.05) is 0 Å². The predicted molar refractivity (Wildman–Crippen MR) is 55.2 cm³/mol. The molecule has 1 aliphatic heterocycles. The van der Waals surface area contributed by atoms with Gasteiger partial charge in [0.05, 0.1) is 12.6 Å². The minimum atomic E-state index is -4.65. The molecule has 9 heteroatoms. The van der Waals surface area contributed by atoms with Crippen LogP contribution < -0.4 is 0 Å². The van der Waals surface area contributed by atoms with Crippen LogP contribution in [0.25, 0.3) is 0 Å². The summed E-state index contributed by atoms with van der Waals surface area (Å²) in [6.45, 7) is 0. The summed E-state index contributed by atoms with van der Waals surface area (Å²) in [7, 11) is -4.65. The average Bonchev–Trinajstić information content (AvgIpc) is 2.54. The molecule has 1 heterocycles. The smallest absolute Gasteiger partial charge is 0.283 e. The first kappa shape index (κ1) is 11.8. The van der Waals surface area contributed by atoms with E-state index in [0.29, 0.717) is 4.90 Å². The molecule has 0 radical (unpaired) electrons. The largest absolute Gasteiger partial charge is 0.288 e. The molecule has 0 unspecified atom stereocenters. The lowest BCUT2D eigenvalue weighted by molar-refractivity contribution is -0.122. The topological polar surface area (TPSA) is 146 Å². The summed E-state index contributed by atoms with van der Waals surface area (Å²) in [5, 5.41) is 26.2. The molecule has 0 aromatic heterocycles. The Balaban J connectivity index is 3.58. The van der Waals surface area contributed by atoms with Crippen molar-refractivity contribution in [3.05, 3.63) is 22.9 Å². The molecular formula is C9H4N4O4S. The molecule has 1 amide bonds. The first-order chi connectivity index (χ1) is 8.76. The van der Waals surface area contributed by atoms with E-state index >= 15 is 0 Å². The van der Waals surface area contributed by atoms with Crippen molar-refractivity contribution in [3.8, 4) is 18.2 Å². The normalized spacial score (nSPS) is 15.9. The van der Waals surface area contributed by atoms with Crippen LogP contribution >= 0.6 is 0 Å². The molecular weight excluding hydrogens is 260 g/mol. The van der Waals surface area contributed by atoms with Crippen molar-refractivity contribution in [1.82, 2.24) is 4.90 Å². The second kappa shape index (κ2) is 4.68. The van der Waals surface area contributed by atoms with Crippen LogP contribution in [0.2, 0.25) is 0 Å². The summed E-state index contributed by atoms with van der Waals surface area (Å²) in [4.78, 5) is 11.9. The average molecular weight is 265 g/mol. The highest BCUT2D eigenvalue weighted by molar-refractivity contribution is 7.85. The van der Waals surface area contributed by atoms with Crippen LogP contribution in [0, 0.1) is 34.0 Å². The number of allylic oxidation sites excluding steroid dienone is 2. The predicted octanol–water partition coefficient (Wildman–Crippen LogP) is -0.575. The summed E-state index contributed by atoms with van der Waals surface area (Å²) in [6.07, 6.45) is 0. The molecule has 0 saturated heterocycles. The van der Waals surface area contributed by atoms with Gasteiger partial charge in [0.2, 0.25) is 0 Å². The summed E-state index contributed by atoms with van der Waals surface area (Å²) < 4.78 is 37.6. The SMILES string of the molecule is [2H]C1=C(C#N)C(=C(C#N)C#N)N(CS(=O)(=O)O)C1=O. The Bertz CT molecular complexity index is 729. The van der Waals surface area contributed by atoms with Gasteiger partial charge < -0.3 is 0 Å². The van der Waals surface area contributed by atoms with E-state index in [-0.39, 0.29) is 0 Å². The lowest BCUT2D eigenvalue weighted by Crippen LogP contribution is -2.31.